The van der Waals surface area contributed by atoms with Gasteiger partial charge in [0.15, 0.2) is 0 Å². The number of nitrogens with zero attached hydrogens (tertiary/aromatic N) is 2. The maximum atomic E-state index is 13.8. The van der Waals surface area contributed by atoms with Crippen molar-refractivity contribution in [3.8, 4) is 5.75 Å². The molecule has 4 aromatic rings. The second-order valence-electron chi connectivity index (χ2n) is 8.51. The highest BCUT2D eigenvalue weighted by molar-refractivity contribution is 6.30. The van der Waals surface area contributed by atoms with Gasteiger partial charge in [-0.25, -0.2) is 0 Å². The molecule has 0 bridgehead atoms. The average molecular weight is 483 g/mol. The number of benzene rings is 4. The zero-order chi connectivity index (χ0) is 24.3. The van der Waals surface area contributed by atoms with E-state index in [0.717, 1.165) is 21.2 Å². The minimum Gasteiger partial charge on any atom is -0.496 e. The molecule has 2 heterocycles. The second-order valence-corrected chi connectivity index (χ2v) is 8.94. The predicted octanol–water partition coefficient (Wildman–Crippen LogP) is 5.25. The van der Waals surface area contributed by atoms with Gasteiger partial charge in [0.2, 0.25) is 0 Å². The Hall–Kier alpha value is -4.16. The molecule has 6 nitrogen and oxygen atoms in total. The van der Waals surface area contributed by atoms with Gasteiger partial charge >= 0.3 is 0 Å². The smallest absolute Gasteiger partial charge is 0.262 e. The third kappa shape index (κ3) is 3.07. The maximum Gasteiger partial charge on any atom is 0.262 e. The number of carbonyl (C=O) groups is 3. The summed E-state index contributed by atoms with van der Waals surface area (Å²) in [5.41, 5.74) is 2.08. The predicted molar refractivity (Wildman–Crippen MR) is 133 cm³/mol. The lowest BCUT2D eigenvalue weighted by Gasteiger charge is -2.50. The van der Waals surface area contributed by atoms with E-state index in [0.29, 0.717) is 27.6 Å². The monoisotopic (exact) mass is 482 g/mol. The molecule has 0 radical (unpaired) electrons. The molecule has 0 unspecified atom stereocenters. The number of anilines is 1. The number of methoxy groups -OCH3 is 1. The number of carbonyl (C=O) groups excluding carboxylic acids is 3. The van der Waals surface area contributed by atoms with E-state index >= 15 is 0 Å². The number of rotatable bonds is 4. The first-order chi connectivity index (χ1) is 17.0. The van der Waals surface area contributed by atoms with E-state index < -0.39 is 23.9 Å². The zero-order valence-corrected chi connectivity index (χ0v) is 19.4. The summed E-state index contributed by atoms with van der Waals surface area (Å²) in [5, 5.41) is 2.25. The summed E-state index contributed by atoms with van der Waals surface area (Å²) >= 11 is 6.13. The number of β-lactam (4-membered cyclic amide) rings is 1. The van der Waals surface area contributed by atoms with Gasteiger partial charge < -0.3 is 4.74 Å². The topological polar surface area (TPSA) is 66.9 Å². The molecule has 6 rings (SSSR count). The van der Waals surface area contributed by atoms with Gasteiger partial charge in [-0.2, -0.15) is 0 Å². The van der Waals surface area contributed by atoms with Crippen LogP contribution in [0.3, 0.4) is 0 Å². The number of halogens is 1. The molecule has 1 saturated heterocycles. The van der Waals surface area contributed by atoms with Crippen molar-refractivity contribution in [3.05, 3.63) is 107 Å². The van der Waals surface area contributed by atoms with E-state index in [1.165, 1.54) is 0 Å². The van der Waals surface area contributed by atoms with E-state index in [-0.39, 0.29) is 5.91 Å². The van der Waals surface area contributed by atoms with Crippen molar-refractivity contribution in [2.75, 3.05) is 12.0 Å². The second kappa shape index (κ2) is 7.96. The van der Waals surface area contributed by atoms with Crippen LogP contribution < -0.4 is 9.64 Å². The van der Waals surface area contributed by atoms with Gasteiger partial charge in [0, 0.05) is 15.8 Å². The Labute approximate surface area is 206 Å². The zero-order valence-electron chi connectivity index (χ0n) is 18.6. The Morgan fingerprint density at radius 1 is 0.686 bits per heavy atom. The molecule has 0 spiro atoms. The third-order valence-electron chi connectivity index (χ3n) is 6.72. The molecule has 172 valence electrons. The highest BCUT2D eigenvalue weighted by Crippen LogP contribution is 2.47. The standard InChI is InChI=1S/C28H19ClN2O4/c1-35-23-15-14-22(18-6-2-3-7-19(18)23)30-24(16-10-12-17(29)13-11-16)25(28(30)34)31-26(32)20-8-4-5-9-21(20)27(31)33/h2-15,24-25H,1H3/t24-,25-/m0/s1. The molecule has 4 aromatic carbocycles. The van der Waals surface area contributed by atoms with Gasteiger partial charge in [-0.1, -0.05) is 60.1 Å². The Balaban J connectivity index is 1.50. The van der Waals surface area contributed by atoms with Crippen LogP contribution in [0.5, 0.6) is 5.75 Å². The molecule has 0 aliphatic carbocycles. The van der Waals surface area contributed by atoms with E-state index in [2.05, 4.69) is 0 Å². The van der Waals surface area contributed by atoms with Crippen molar-refractivity contribution in [1.82, 2.24) is 4.90 Å². The quantitative estimate of drug-likeness (QED) is 0.294. The Morgan fingerprint density at radius 2 is 1.29 bits per heavy atom. The minimum absolute atomic E-state index is 0.313. The minimum atomic E-state index is -0.968. The largest absolute Gasteiger partial charge is 0.496 e. The van der Waals surface area contributed by atoms with Crippen molar-refractivity contribution in [2.24, 2.45) is 0 Å². The van der Waals surface area contributed by atoms with Gasteiger partial charge in [-0.05, 0) is 42.0 Å². The van der Waals surface area contributed by atoms with Crippen LogP contribution in [0.2, 0.25) is 5.02 Å². The van der Waals surface area contributed by atoms with Gasteiger partial charge in [0.1, 0.15) is 11.8 Å². The molecule has 2 aliphatic rings. The molecular formula is C28H19ClN2O4. The first kappa shape index (κ1) is 21.4. The molecule has 0 aromatic heterocycles. The number of amides is 3. The summed E-state index contributed by atoms with van der Waals surface area (Å²) in [5.74, 6) is -0.545. The van der Waals surface area contributed by atoms with Gasteiger partial charge in [-0.15, -0.1) is 0 Å². The summed E-state index contributed by atoms with van der Waals surface area (Å²) < 4.78 is 5.52. The normalized spacial score (nSPS) is 19.2. The van der Waals surface area contributed by atoms with Crippen LogP contribution in [0.1, 0.15) is 32.3 Å². The Morgan fingerprint density at radius 3 is 1.91 bits per heavy atom. The number of fused-ring (bicyclic) bond motifs is 2. The van der Waals surface area contributed by atoms with Crippen molar-refractivity contribution in [2.45, 2.75) is 12.1 Å². The Kier molecular flexibility index (Phi) is 4.86. The van der Waals surface area contributed by atoms with Gasteiger partial charge in [-0.3, -0.25) is 24.2 Å². The number of hydrogen-bond donors (Lipinski definition) is 0. The molecule has 1 fully saturated rings. The number of hydrogen-bond acceptors (Lipinski definition) is 4. The van der Waals surface area contributed by atoms with Crippen LogP contribution >= 0.6 is 11.6 Å². The molecular weight excluding hydrogens is 464 g/mol. The molecule has 2 aliphatic heterocycles. The highest BCUT2D eigenvalue weighted by atomic mass is 35.5. The van der Waals surface area contributed by atoms with Crippen molar-refractivity contribution >= 4 is 45.8 Å². The third-order valence-corrected chi connectivity index (χ3v) is 6.98. The molecule has 3 amide bonds. The summed E-state index contributed by atoms with van der Waals surface area (Å²) in [6, 6.07) is 23.6. The van der Waals surface area contributed by atoms with Crippen molar-refractivity contribution in [3.63, 3.8) is 0 Å². The number of ether oxygens (including phenoxy) is 1. The number of imide groups is 1. The van der Waals surface area contributed by atoms with E-state index in [4.69, 9.17) is 16.3 Å². The molecule has 35 heavy (non-hydrogen) atoms. The molecule has 2 atom stereocenters. The van der Waals surface area contributed by atoms with E-state index in [1.54, 1.807) is 48.4 Å². The van der Waals surface area contributed by atoms with Crippen LogP contribution in [0.4, 0.5) is 5.69 Å². The SMILES string of the molecule is COc1ccc(N2C(=O)[C@@H](N3C(=O)c4ccccc4C3=O)[C@@H]2c2ccc(Cl)cc2)c2ccccc12. The lowest BCUT2D eigenvalue weighted by atomic mass is 9.85. The fraction of sp³-hybridized carbons (Fsp3) is 0.107. The van der Waals surface area contributed by atoms with Crippen molar-refractivity contribution in [1.29, 1.82) is 0 Å². The first-order valence-electron chi connectivity index (χ1n) is 11.1. The van der Waals surface area contributed by atoms with Crippen LogP contribution in [-0.2, 0) is 4.79 Å². The fourth-order valence-electron chi connectivity index (χ4n) is 5.09. The molecule has 7 heteroatoms. The Bertz CT molecular complexity index is 1500. The summed E-state index contributed by atoms with van der Waals surface area (Å²) in [6.07, 6.45) is 0. The lowest BCUT2D eigenvalue weighted by molar-refractivity contribution is -0.130. The maximum absolute atomic E-state index is 13.8. The molecule has 0 N–H and O–H groups in total. The first-order valence-corrected chi connectivity index (χ1v) is 11.5. The lowest BCUT2D eigenvalue weighted by Crippen LogP contribution is -2.67. The summed E-state index contributed by atoms with van der Waals surface area (Å²) in [6.45, 7) is 0. The fourth-order valence-corrected chi connectivity index (χ4v) is 5.22. The van der Waals surface area contributed by atoms with Crippen LogP contribution in [0.15, 0.2) is 84.9 Å². The molecule has 0 saturated carbocycles. The summed E-state index contributed by atoms with van der Waals surface area (Å²) in [7, 11) is 1.60. The highest BCUT2D eigenvalue weighted by Gasteiger charge is 2.57. The van der Waals surface area contributed by atoms with Gasteiger partial charge in [0.05, 0.1) is 30.0 Å². The van der Waals surface area contributed by atoms with Crippen molar-refractivity contribution < 1.29 is 19.1 Å². The van der Waals surface area contributed by atoms with E-state index in [1.807, 2.05) is 48.5 Å². The van der Waals surface area contributed by atoms with Crippen LogP contribution in [0.25, 0.3) is 10.8 Å². The van der Waals surface area contributed by atoms with Gasteiger partial charge in [0.25, 0.3) is 17.7 Å². The summed E-state index contributed by atoms with van der Waals surface area (Å²) in [4.78, 5) is 43.0. The van der Waals surface area contributed by atoms with Crippen LogP contribution in [-0.4, -0.2) is 35.8 Å². The average Bonchev–Trinajstić information content (AvgIpc) is 3.13. The van der Waals surface area contributed by atoms with Crippen LogP contribution in [0, 0.1) is 0 Å². The van der Waals surface area contributed by atoms with E-state index in [9.17, 15) is 14.4 Å².